The summed E-state index contributed by atoms with van der Waals surface area (Å²) in [6.07, 6.45) is -11.6. The molecular weight excluding hydrogens is 382 g/mol. The molecule has 11 heteroatoms. The Kier molecular flexibility index (Phi) is 6.25. The smallest absolute Gasteiger partial charge is 0.434 e. The Morgan fingerprint density at radius 3 is 2.41 bits per heavy atom. The molecule has 1 amide bonds. The molecule has 0 bridgehead atoms. The van der Waals surface area contributed by atoms with Crippen LogP contribution in [0.25, 0.3) is 0 Å². The number of methoxy groups -OCH3 is 1. The topological polar surface area (TPSA) is 59.6 Å². The third-order valence-corrected chi connectivity index (χ3v) is 4.10. The number of nitrogens with one attached hydrogen (secondary N) is 2. The summed E-state index contributed by atoms with van der Waals surface area (Å²) in [7, 11) is 1.25. The van der Waals surface area contributed by atoms with Crippen molar-refractivity contribution in [2.75, 3.05) is 20.3 Å². The molecule has 0 unspecified atom stereocenters. The van der Waals surface area contributed by atoms with Gasteiger partial charge in [0.25, 0.3) is 11.6 Å². The van der Waals surface area contributed by atoms with Crippen LogP contribution in [-0.4, -0.2) is 50.3 Å². The van der Waals surface area contributed by atoms with E-state index in [9.17, 15) is 31.1 Å². The summed E-state index contributed by atoms with van der Waals surface area (Å²) in [4.78, 5) is 12.2. The molecule has 1 fully saturated rings. The first-order valence-electron chi connectivity index (χ1n) is 7.97. The van der Waals surface area contributed by atoms with Crippen molar-refractivity contribution in [1.82, 2.24) is 10.6 Å². The van der Waals surface area contributed by atoms with Crippen LogP contribution in [0.1, 0.15) is 23.2 Å². The van der Waals surface area contributed by atoms with E-state index in [1.165, 1.54) is 24.6 Å². The molecule has 1 saturated heterocycles. The Labute approximate surface area is 151 Å². The summed E-state index contributed by atoms with van der Waals surface area (Å²) >= 11 is 0. The highest BCUT2D eigenvalue weighted by molar-refractivity contribution is 5.95. The maximum Gasteiger partial charge on any atom is 0.434 e. The predicted molar refractivity (Wildman–Crippen MR) is 82.3 cm³/mol. The fraction of sp³-hybridized carbons (Fsp3) is 0.562. The van der Waals surface area contributed by atoms with Crippen LogP contribution < -0.4 is 15.4 Å². The van der Waals surface area contributed by atoms with Crippen molar-refractivity contribution < 1.29 is 40.6 Å². The molecule has 1 atom stereocenters. The van der Waals surface area contributed by atoms with Crippen molar-refractivity contribution in [2.45, 2.75) is 37.0 Å². The van der Waals surface area contributed by atoms with Crippen LogP contribution in [0.15, 0.2) is 24.3 Å². The fourth-order valence-corrected chi connectivity index (χ4v) is 2.63. The highest BCUT2D eigenvalue weighted by atomic mass is 19.4. The molecule has 1 aromatic rings. The van der Waals surface area contributed by atoms with Crippen LogP contribution in [0.5, 0.6) is 5.75 Å². The van der Waals surface area contributed by atoms with Crippen molar-refractivity contribution >= 4 is 5.91 Å². The molecule has 0 spiro atoms. The molecule has 0 saturated carbocycles. The Morgan fingerprint density at radius 1 is 1.22 bits per heavy atom. The molecule has 2 rings (SSSR count). The Bertz CT molecular complexity index is 642. The molecule has 2 N–H and O–H groups in total. The van der Waals surface area contributed by atoms with E-state index in [4.69, 9.17) is 9.47 Å². The number of hydrogen-bond donors (Lipinski definition) is 2. The minimum Gasteiger partial charge on any atom is -0.497 e. The van der Waals surface area contributed by atoms with Gasteiger partial charge < -0.3 is 14.8 Å². The summed E-state index contributed by atoms with van der Waals surface area (Å²) < 4.78 is 90.9. The number of carbonyl (C=O) groups is 1. The number of alkyl halides is 6. The van der Waals surface area contributed by atoms with Gasteiger partial charge in [-0.3, -0.25) is 10.1 Å². The van der Waals surface area contributed by atoms with Crippen molar-refractivity contribution in [3.8, 4) is 5.75 Å². The van der Waals surface area contributed by atoms with Crippen LogP contribution in [0.3, 0.4) is 0 Å². The van der Waals surface area contributed by atoms with Gasteiger partial charge in [0.2, 0.25) is 0 Å². The lowest BCUT2D eigenvalue weighted by atomic mass is 10.1. The predicted octanol–water partition coefficient (Wildman–Crippen LogP) is 3.01. The fourth-order valence-electron chi connectivity index (χ4n) is 2.63. The summed E-state index contributed by atoms with van der Waals surface area (Å²) in [5.41, 5.74) is -5.03. The second-order valence-electron chi connectivity index (χ2n) is 5.95. The molecular formula is C16H18F6N2O3. The molecule has 5 nitrogen and oxygen atoms in total. The standard InChI is InChI=1S/C16H18F6N2O3/c1-26-11-5-2-4-10(8-11)13(25)24-14(15(17,18)19,16(20,21)22)23-9-12-6-3-7-27-12/h2,4-5,8,12,23H,3,6-7,9H2,1H3,(H,24,25)/t12-/m1/s1. The van der Waals surface area contributed by atoms with Crippen molar-refractivity contribution in [3.05, 3.63) is 29.8 Å². The maximum atomic E-state index is 13.5. The highest BCUT2D eigenvalue weighted by Gasteiger charge is 2.72. The molecule has 152 valence electrons. The normalized spacial score (nSPS) is 18.4. The van der Waals surface area contributed by atoms with Gasteiger partial charge in [-0.2, -0.15) is 26.3 Å². The van der Waals surface area contributed by atoms with Gasteiger partial charge in [0.15, 0.2) is 0 Å². The first-order chi connectivity index (χ1) is 12.5. The molecule has 27 heavy (non-hydrogen) atoms. The number of hydrogen-bond acceptors (Lipinski definition) is 4. The van der Waals surface area contributed by atoms with E-state index in [0.717, 1.165) is 17.4 Å². The zero-order valence-electron chi connectivity index (χ0n) is 14.2. The molecule has 0 aromatic heterocycles. The van der Waals surface area contributed by atoms with Crippen LogP contribution in [0, 0.1) is 0 Å². The number of ether oxygens (including phenoxy) is 2. The first-order valence-corrected chi connectivity index (χ1v) is 7.97. The zero-order valence-corrected chi connectivity index (χ0v) is 14.2. The van der Waals surface area contributed by atoms with Crippen LogP contribution in [0.4, 0.5) is 26.3 Å². The summed E-state index contributed by atoms with van der Waals surface area (Å²) in [6.45, 7) is -0.467. The van der Waals surface area contributed by atoms with Crippen LogP contribution >= 0.6 is 0 Å². The molecule has 1 aliphatic heterocycles. The van der Waals surface area contributed by atoms with Crippen molar-refractivity contribution in [2.24, 2.45) is 0 Å². The van der Waals surface area contributed by atoms with Gasteiger partial charge in [0.1, 0.15) is 5.75 Å². The average Bonchev–Trinajstić information content (AvgIpc) is 3.09. The molecule has 1 aliphatic rings. The van der Waals surface area contributed by atoms with Crippen molar-refractivity contribution in [3.63, 3.8) is 0 Å². The summed E-state index contributed by atoms with van der Waals surface area (Å²) in [5, 5.41) is 2.54. The minimum atomic E-state index is -5.85. The second-order valence-corrected chi connectivity index (χ2v) is 5.95. The Morgan fingerprint density at radius 2 is 1.89 bits per heavy atom. The largest absolute Gasteiger partial charge is 0.497 e. The van der Waals surface area contributed by atoms with E-state index in [0.29, 0.717) is 12.8 Å². The Balaban J connectivity index is 2.33. The molecule has 1 aromatic carbocycles. The van der Waals surface area contributed by atoms with E-state index in [-0.39, 0.29) is 12.4 Å². The zero-order chi connectivity index (χ0) is 20.3. The maximum absolute atomic E-state index is 13.5. The SMILES string of the molecule is COc1cccc(C(=O)NC(NC[C@H]2CCCO2)(C(F)(F)F)C(F)(F)F)c1. The lowest BCUT2D eigenvalue weighted by molar-refractivity contribution is -0.314. The van der Waals surface area contributed by atoms with Gasteiger partial charge in [-0.05, 0) is 31.0 Å². The van der Waals surface area contributed by atoms with Gasteiger partial charge in [-0.15, -0.1) is 0 Å². The molecule has 0 radical (unpaired) electrons. The lowest BCUT2D eigenvalue weighted by Crippen LogP contribution is -2.76. The van der Waals surface area contributed by atoms with Crippen LogP contribution in [-0.2, 0) is 4.74 Å². The number of rotatable bonds is 6. The van der Waals surface area contributed by atoms with Gasteiger partial charge in [-0.1, -0.05) is 6.07 Å². The monoisotopic (exact) mass is 400 g/mol. The van der Waals surface area contributed by atoms with Gasteiger partial charge in [0, 0.05) is 18.7 Å². The summed E-state index contributed by atoms with van der Waals surface area (Å²) in [5.74, 6) is -1.44. The van der Waals surface area contributed by atoms with Gasteiger partial charge >= 0.3 is 12.4 Å². The van der Waals surface area contributed by atoms with Crippen molar-refractivity contribution in [1.29, 1.82) is 0 Å². The third kappa shape index (κ3) is 4.64. The number of benzene rings is 1. The van der Waals surface area contributed by atoms with E-state index >= 15 is 0 Å². The highest BCUT2D eigenvalue weighted by Crippen LogP contribution is 2.41. The second kappa shape index (κ2) is 7.93. The first kappa shape index (κ1) is 21.3. The van der Waals surface area contributed by atoms with E-state index in [1.807, 2.05) is 0 Å². The minimum absolute atomic E-state index is 0.111. The van der Waals surface area contributed by atoms with E-state index in [1.54, 1.807) is 0 Å². The van der Waals surface area contributed by atoms with Gasteiger partial charge in [0.05, 0.1) is 13.2 Å². The molecule has 0 aliphatic carbocycles. The molecule has 1 heterocycles. The van der Waals surface area contributed by atoms with Crippen LogP contribution in [0.2, 0.25) is 0 Å². The third-order valence-electron chi connectivity index (χ3n) is 4.10. The lowest BCUT2D eigenvalue weighted by Gasteiger charge is -2.39. The summed E-state index contributed by atoms with van der Waals surface area (Å²) in [6, 6.07) is 4.78. The van der Waals surface area contributed by atoms with E-state index < -0.39 is 42.1 Å². The number of halogens is 6. The number of amides is 1. The Hall–Kier alpha value is -2.01. The average molecular weight is 400 g/mol. The van der Waals surface area contributed by atoms with Gasteiger partial charge in [-0.25, -0.2) is 0 Å². The number of carbonyl (C=O) groups excluding carboxylic acids is 1. The van der Waals surface area contributed by atoms with E-state index in [2.05, 4.69) is 0 Å². The quantitative estimate of drug-likeness (QED) is 0.570.